The minimum Gasteiger partial charge on any atom is -0.299 e. The van der Waals surface area contributed by atoms with Gasteiger partial charge in [-0.3, -0.25) is 4.79 Å². The molecule has 0 saturated carbocycles. The maximum Gasteiger partial charge on any atom is 0.142 e. The highest BCUT2D eigenvalue weighted by atomic mass is 16.1. The molecule has 0 saturated heterocycles. The van der Waals surface area contributed by atoms with E-state index >= 15 is 0 Å². The van der Waals surface area contributed by atoms with E-state index in [1.165, 1.54) is 11.6 Å². The van der Waals surface area contributed by atoms with Gasteiger partial charge in [-0.15, -0.1) is 6.58 Å². The van der Waals surface area contributed by atoms with Crippen molar-refractivity contribution < 1.29 is 4.79 Å². The largest absolute Gasteiger partial charge is 0.299 e. The van der Waals surface area contributed by atoms with Gasteiger partial charge in [0.15, 0.2) is 0 Å². The summed E-state index contributed by atoms with van der Waals surface area (Å²) in [4.78, 5) is 10.0. The zero-order valence-electron chi connectivity index (χ0n) is 7.44. The first-order valence-corrected chi connectivity index (χ1v) is 4.18. The predicted octanol–water partition coefficient (Wildman–Crippen LogP) is 2.63. The Balaban J connectivity index is 2.74. The first-order chi connectivity index (χ1) is 6.36. The summed E-state index contributed by atoms with van der Waals surface area (Å²) >= 11 is 0. The number of allylic oxidation sites excluding steroid dienone is 2. The molecule has 0 spiro atoms. The summed E-state index contributed by atoms with van der Waals surface area (Å²) in [6.45, 7) is 3.67. The van der Waals surface area contributed by atoms with Crippen LogP contribution in [0.25, 0.3) is 6.08 Å². The molecule has 1 aromatic carbocycles. The average Bonchev–Trinajstić information content (AvgIpc) is 2.17. The van der Waals surface area contributed by atoms with E-state index in [4.69, 9.17) is 0 Å². The third kappa shape index (κ3) is 3.08. The molecule has 0 atom stereocenters. The van der Waals surface area contributed by atoms with Gasteiger partial charge in [-0.25, -0.2) is 0 Å². The second kappa shape index (κ2) is 5.09. The number of aldehydes is 1. The lowest BCUT2D eigenvalue weighted by Crippen LogP contribution is -1.80. The molecule has 0 N–H and O–H groups in total. The third-order valence-electron chi connectivity index (χ3n) is 1.73. The summed E-state index contributed by atoms with van der Waals surface area (Å²) in [5.74, 6) is 0. The van der Waals surface area contributed by atoms with Crippen LogP contribution < -0.4 is 0 Å². The van der Waals surface area contributed by atoms with Crippen molar-refractivity contribution in [1.82, 2.24) is 0 Å². The fourth-order valence-electron chi connectivity index (χ4n) is 1.08. The number of hydrogen-bond donors (Lipinski definition) is 0. The summed E-state index contributed by atoms with van der Waals surface area (Å²) in [6, 6.07) is 8.04. The minimum atomic E-state index is 0.775. The van der Waals surface area contributed by atoms with E-state index in [0.717, 1.165) is 18.3 Å². The van der Waals surface area contributed by atoms with Crippen LogP contribution in [0.15, 0.2) is 43.0 Å². The molecule has 0 heterocycles. The number of benzene rings is 1. The van der Waals surface area contributed by atoms with Crippen LogP contribution in [-0.2, 0) is 11.2 Å². The monoisotopic (exact) mass is 172 g/mol. The van der Waals surface area contributed by atoms with Crippen LogP contribution in [0.4, 0.5) is 0 Å². The van der Waals surface area contributed by atoms with Gasteiger partial charge >= 0.3 is 0 Å². The fraction of sp³-hybridized carbons (Fsp3) is 0.0833. The van der Waals surface area contributed by atoms with Crippen molar-refractivity contribution in [3.63, 3.8) is 0 Å². The van der Waals surface area contributed by atoms with Gasteiger partial charge in [0.05, 0.1) is 0 Å². The van der Waals surface area contributed by atoms with Crippen LogP contribution in [0.2, 0.25) is 0 Å². The molecule has 1 rings (SSSR count). The second-order valence-corrected chi connectivity index (χ2v) is 2.73. The van der Waals surface area contributed by atoms with Gasteiger partial charge in [0.2, 0.25) is 0 Å². The first kappa shape index (κ1) is 9.46. The Morgan fingerprint density at radius 2 is 1.92 bits per heavy atom. The number of carbonyl (C=O) groups is 1. The van der Waals surface area contributed by atoms with E-state index in [9.17, 15) is 4.79 Å². The topological polar surface area (TPSA) is 17.1 Å². The van der Waals surface area contributed by atoms with Crippen LogP contribution in [0.3, 0.4) is 0 Å². The lowest BCUT2D eigenvalue weighted by molar-refractivity contribution is -0.104. The minimum absolute atomic E-state index is 0.775. The molecule has 1 heteroatoms. The highest BCUT2D eigenvalue weighted by Crippen LogP contribution is 2.06. The normalized spacial score (nSPS) is 10.2. The van der Waals surface area contributed by atoms with Crippen LogP contribution >= 0.6 is 0 Å². The maximum atomic E-state index is 10.0. The zero-order chi connectivity index (χ0) is 9.52. The van der Waals surface area contributed by atoms with Crippen LogP contribution in [0, 0.1) is 0 Å². The summed E-state index contributed by atoms with van der Waals surface area (Å²) < 4.78 is 0. The molecular weight excluding hydrogens is 160 g/mol. The standard InChI is InChI=1S/C12H12O/c1-2-4-11-6-8-12(9-7-11)5-3-10-13/h2-3,5-10H,1,4H2. The highest BCUT2D eigenvalue weighted by molar-refractivity contribution is 5.73. The van der Waals surface area contributed by atoms with Gasteiger partial charge in [-0.2, -0.15) is 0 Å². The van der Waals surface area contributed by atoms with Crippen molar-refractivity contribution in [2.75, 3.05) is 0 Å². The molecule has 0 unspecified atom stereocenters. The molecule has 0 fully saturated rings. The van der Waals surface area contributed by atoms with E-state index in [1.807, 2.05) is 30.3 Å². The number of rotatable bonds is 4. The lowest BCUT2D eigenvalue weighted by Gasteiger charge is -1.96. The van der Waals surface area contributed by atoms with E-state index < -0.39 is 0 Å². The molecule has 66 valence electrons. The van der Waals surface area contributed by atoms with Crippen LogP contribution in [-0.4, -0.2) is 6.29 Å². The third-order valence-corrected chi connectivity index (χ3v) is 1.73. The Morgan fingerprint density at radius 1 is 1.23 bits per heavy atom. The Labute approximate surface area is 78.4 Å². The Morgan fingerprint density at radius 3 is 2.46 bits per heavy atom. The highest BCUT2D eigenvalue weighted by Gasteiger charge is 1.88. The van der Waals surface area contributed by atoms with Gasteiger partial charge in [0.1, 0.15) is 6.29 Å². The summed E-state index contributed by atoms with van der Waals surface area (Å²) in [6.07, 6.45) is 6.80. The molecule has 1 nitrogen and oxygen atoms in total. The van der Waals surface area contributed by atoms with Gasteiger partial charge in [0, 0.05) is 0 Å². The summed E-state index contributed by atoms with van der Waals surface area (Å²) in [5.41, 5.74) is 2.28. The molecule has 0 aromatic heterocycles. The predicted molar refractivity (Wildman–Crippen MR) is 55.4 cm³/mol. The second-order valence-electron chi connectivity index (χ2n) is 2.73. The van der Waals surface area contributed by atoms with Crippen LogP contribution in [0.1, 0.15) is 11.1 Å². The number of hydrogen-bond acceptors (Lipinski definition) is 1. The van der Waals surface area contributed by atoms with Crippen molar-refractivity contribution in [2.45, 2.75) is 6.42 Å². The Kier molecular flexibility index (Phi) is 3.71. The van der Waals surface area contributed by atoms with E-state index in [-0.39, 0.29) is 0 Å². The SMILES string of the molecule is C=CCc1ccc(C=CC=O)cc1. The van der Waals surface area contributed by atoms with E-state index in [1.54, 1.807) is 6.08 Å². The van der Waals surface area contributed by atoms with Crippen molar-refractivity contribution >= 4 is 12.4 Å². The van der Waals surface area contributed by atoms with Crippen molar-refractivity contribution in [2.24, 2.45) is 0 Å². The summed E-state index contributed by atoms with van der Waals surface area (Å²) in [5, 5.41) is 0. The van der Waals surface area contributed by atoms with E-state index in [0.29, 0.717) is 0 Å². The molecule has 0 aliphatic rings. The molecular formula is C12H12O. The molecule has 0 bridgehead atoms. The fourth-order valence-corrected chi connectivity index (χ4v) is 1.08. The van der Waals surface area contributed by atoms with Gasteiger partial charge < -0.3 is 0 Å². The Bertz CT molecular complexity index is 306. The lowest BCUT2D eigenvalue weighted by atomic mass is 10.1. The number of carbonyl (C=O) groups excluding carboxylic acids is 1. The molecule has 13 heavy (non-hydrogen) atoms. The molecule has 0 aliphatic carbocycles. The van der Waals surface area contributed by atoms with Gasteiger partial charge in [0.25, 0.3) is 0 Å². The van der Waals surface area contributed by atoms with Crippen molar-refractivity contribution in [3.05, 3.63) is 54.1 Å². The quantitative estimate of drug-likeness (QED) is 0.387. The van der Waals surface area contributed by atoms with Gasteiger partial charge in [-0.1, -0.05) is 36.4 Å². The average molecular weight is 172 g/mol. The zero-order valence-corrected chi connectivity index (χ0v) is 7.44. The molecule has 0 radical (unpaired) electrons. The molecule has 1 aromatic rings. The van der Waals surface area contributed by atoms with Crippen molar-refractivity contribution in [3.8, 4) is 0 Å². The first-order valence-electron chi connectivity index (χ1n) is 4.18. The molecule has 0 aliphatic heterocycles. The molecule has 0 amide bonds. The smallest absolute Gasteiger partial charge is 0.142 e. The van der Waals surface area contributed by atoms with E-state index in [2.05, 4.69) is 6.58 Å². The summed E-state index contributed by atoms with van der Waals surface area (Å²) in [7, 11) is 0. The Hall–Kier alpha value is -1.63. The maximum absolute atomic E-state index is 10.0. The van der Waals surface area contributed by atoms with Crippen molar-refractivity contribution in [1.29, 1.82) is 0 Å². The van der Waals surface area contributed by atoms with Gasteiger partial charge in [-0.05, 0) is 23.6 Å². The van der Waals surface area contributed by atoms with Crippen LogP contribution in [0.5, 0.6) is 0 Å².